The smallest absolute Gasteiger partial charge is 0.316 e. The lowest BCUT2D eigenvalue weighted by Crippen LogP contribution is -2.39. The lowest BCUT2D eigenvalue weighted by Gasteiger charge is -2.32. The van der Waals surface area contributed by atoms with E-state index in [1.54, 1.807) is 71.7 Å². The second-order valence-corrected chi connectivity index (χ2v) is 17.6. The van der Waals surface area contributed by atoms with E-state index in [4.69, 9.17) is 8.37 Å². The molecule has 2 aromatic heterocycles. The molecule has 0 aliphatic heterocycles. The van der Waals surface area contributed by atoms with Crippen LogP contribution in [0.5, 0.6) is 11.5 Å². The van der Waals surface area contributed by atoms with Gasteiger partial charge in [0.05, 0.1) is 11.7 Å². The second-order valence-electron chi connectivity index (χ2n) is 15.9. The van der Waals surface area contributed by atoms with Gasteiger partial charge in [0.2, 0.25) is 0 Å². The number of fused-ring (bicyclic) bond motifs is 1. The van der Waals surface area contributed by atoms with Crippen LogP contribution in [0.2, 0.25) is 0 Å². The van der Waals surface area contributed by atoms with Gasteiger partial charge in [-0.2, -0.15) is 13.1 Å². The van der Waals surface area contributed by atoms with Gasteiger partial charge in [0.15, 0.2) is 11.5 Å². The molecular weight excluding hydrogens is 741 g/mol. The average molecular weight is 795 g/mol. The molecule has 2 aliphatic carbocycles. The zero-order valence-corrected chi connectivity index (χ0v) is 34.5. The van der Waals surface area contributed by atoms with Gasteiger partial charge in [-0.3, -0.25) is 19.4 Å². The molecule has 2 aliphatic rings. The van der Waals surface area contributed by atoms with Crippen LogP contribution in [0.3, 0.4) is 0 Å². The Kier molecular flexibility index (Phi) is 12.7. The second kappa shape index (κ2) is 17.2. The standard InChI is InChI=1S/C39H54N8O6S2/c1-25-18-19-29(23-33(25)53-54(50)43-26(2)36-41-40-35-24-34(39(3,4)5)42-47(35)36)44-55(51)52-32-21-27(37(48)45(6)30-14-10-8-11-15-30)20-28(22-32)38(49)46(7)31-16-12-9-13-17-31/h18-24,26,30-31,42-44H,8-17H2,1-7H3. The van der Waals surface area contributed by atoms with E-state index in [-0.39, 0.29) is 35.1 Å². The largest absolute Gasteiger partial charge is 0.389 e. The number of hydrogen-bond acceptors (Lipinski definition) is 8. The van der Waals surface area contributed by atoms with Crippen molar-refractivity contribution in [1.82, 2.24) is 34.3 Å². The van der Waals surface area contributed by atoms with Crippen molar-refractivity contribution in [2.24, 2.45) is 0 Å². The van der Waals surface area contributed by atoms with E-state index >= 15 is 0 Å². The van der Waals surface area contributed by atoms with Gasteiger partial charge in [-0.15, -0.1) is 10.2 Å². The monoisotopic (exact) mass is 794 g/mol. The zero-order chi connectivity index (χ0) is 39.4. The molecule has 298 valence electrons. The van der Waals surface area contributed by atoms with Crippen molar-refractivity contribution in [3.8, 4) is 11.5 Å². The van der Waals surface area contributed by atoms with Crippen LogP contribution >= 0.6 is 0 Å². The molecule has 2 amide bonds. The van der Waals surface area contributed by atoms with Gasteiger partial charge in [0, 0.05) is 60.5 Å². The Morgan fingerprint density at radius 1 is 0.836 bits per heavy atom. The van der Waals surface area contributed by atoms with E-state index < -0.39 is 28.6 Å². The number of carbonyl (C=O) groups is 2. The summed E-state index contributed by atoms with van der Waals surface area (Å²) in [5, 5.41) is 11.8. The van der Waals surface area contributed by atoms with E-state index in [0.717, 1.165) is 69.9 Å². The normalized spacial score (nSPS) is 17.4. The number of amides is 2. The Hall–Kier alpha value is -4.28. The van der Waals surface area contributed by atoms with E-state index in [0.29, 0.717) is 39.6 Å². The van der Waals surface area contributed by atoms with Gasteiger partial charge in [0.25, 0.3) is 23.1 Å². The quantitative estimate of drug-likeness (QED) is 0.132. The van der Waals surface area contributed by atoms with E-state index in [1.165, 1.54) is 0 Å². The number of aromatic nitrogens is 4. The summed E-state index contributed by atoms with van der Waals surface area (Å²) < 4.78 is 45.7. The Bertz CT molecular complexity index is 1990. The minimum absolute atomic E-state index is 0.118. The summed E-state index contributed by atoms with van der Waals surface area (Å²) in [6.07, 6.45) is 10.4. The van der Waals surface area contributed by atoms with Gasteiger partial charge in [-0.1, -0.05) is 65.4 Å². The summed E-state index contributed by atoms with van der Waals surface area (Å²) >= 11 is -4.12. The number of anilines is 1. The maximum Gasteiger partial charge on any atom is 0.316 e. The third-order valence-electron chi connectivity index (χ3n) is 10.7. The first-order valence-corrected chi connectivity index (χ1v) is 21.3. The molecular formula is C39H54N8O6S2. The Morgan fingerprint density at radius 2 is 1.42 bits per heavy atom. The number of benzene rings is 2. The predicted molar refractivity (Wildman–Crippen MR) is 214 cm³/mol. The highest BCUT2D eigenvalue weighted by molar-refractivity contribution is 7.82. The van der Waals surface area contributed by atoms with E-state index in [1.807, 2.05) is 13.0 Å². The van der Waals surface area contributed by atoms with Crippen LogP contribution in [-0.2, 0) is 27.9 Å². The van der Waals surface area contributed by atoms with Gasteiger partial charge in [0.1, 0.15) is 11.5 Å². The van der Waals surface area contributed by atoms with Gasteiger partial charge < -0.3 is 18.2 Å². The lowest BCUT2D eigenvalue weighted by atomic mass is 9.93. The molecule has 16 heteroatoms. The molecule has 2 fully saturated rings. The molecule has 2 heterocycles. The van der Waals surface area contributed by atoms with Crippen molar-refractivity contribution in [2.75, 3.05) is 18.8 Å². The van der Waals surface area contributed by atoms with Crippen LogP contribution in [0.1, 0.15) is 136 Å². The Morgan fingerprint density at radius 3 is 1.98 bits per heavy atom. The summed E-state index contributed by atoms with van der Waals surface area (Å²) in [4.78, 5) is 31.1. The van der Waals surface area contributed by atoms with Crippen LogP contribution < -0.4 is 17.8 Å². The highest BCUT2D eigenvalue weighted by atomic mass is 32.2. The van der Waals surface area contributed by atoms with Gasteiger partial charge in [-0.05, 0) is 69.4 Å². The minimum Gasteiger partial charge on any atom is -0.389 e. The van der Waals surface area contributed by atoms with Crippen LogP contribution in [0.4, 0.5) is 5.69 Å². The number of H-pyrrole nitrogens is 1. The zero-order valence-electron chi connectivity index (χ0n) is 32.8. The summed E-state index contributed by atoms with van der Waals surface area (Å²) in [6.45, 7) is 9.90. The number of aryl methyl sites for hydroxylation is 1. The predicted octanol–water partition coefficient (Wildman–Crippen LogP) is 6.85. The number of aromatic amines is 1. The molecule has 4 aromatic rings. The first-order valence-electron chi connectivity index (χ1n) is 19.2. The number of nitrogens with zero attached hydrogens (tertiary/aromatic N) is 5. The van der Waals surface area contributed by atoms with Crippen molar-refractivity contribution in [3.63, 3.8) is 0 Å². The SMILES string of the molecule is Cc1ccc(NS(=O)Oc2cc(C(=O)N(C)C3CCCCC3)cc(C(=O)N(C)C3CCCCC3)c2)cc1OS(=O)NC(C)c1nnc2cc(C(C)(C)C)[nH]n12. The highest BCUT2D eigenvalue weighted by Crippen LogP contribution is 2.29. The molecule has 2 saturated carbocycles. The molecule has 3 N–H and O–H groups in total. The summed E-state index contributed by atoms with van der Waals surface area (Å²) in [6, 6.07) is 11.4. The summed E-state index contributed by atoms with van der Waals surface area (Å²) in [5.41, 5.74) is 3.21. The first-order chi connectivity index (χ1) is 26.2. The van der Waals surface area contributed by atoms with Crippen molar-refractivity contribution >= 4 is 45.7 Å². The van der Waals surface area contributed by atoms with Crippen molar-refractivity contribution in [1.29, 1.82) is 0 Å². The Labute approximate surface area is 328 Å². The third-order valence-corrected chi connectivity index (χ3v) is 12.3. The lowest BCUT2D eigenvalue weighted by molar-refractivity contribution is 0.0694. The fourth-order valence-corrected chi connectivity index (χ4v) is 8.71. The fraction of sp³-hybridized carbons (Fsp3) is 0.538. The molecule has 0 bridgehead atoms. The molecule has 14 nitrogen and oxygen atoms in total. The van der Waals surface area contributed by atoms with Gasteiger partial charge in [-0.25, -0.2) is 4.52 Å². The topological polar surface area (TPSA) is 163 Å². The van der Waals surface area contributed by atoms with Gasteiger partial charge >= 0.3 is 11.3 Å². The summed E-state index contributed by atoms with van der Waals surface area (Å²) in [7, 11) is 3.61. The maximum absolute atomic E-state index is 13.8. The molecule has 55 heavy (non-hydrogen) atoms. The molecule has 3 unspecified atom stereocenters. The van der Waals surface area contributed by atoms with E-state index in [9.17, 15) is 18.0 Å². The number of rotatable bonds is 13. The van der Waals surface area contributed by atoms with Crippen LogP contribution in [-0.4, -0.2) is 76.0 Å². The average Bonchev–Trinajstić information content (AvgIpc) is 3.78. The number of nitrogens with one attached hydrogen (secondary N) is 3. The van der Waals surface area contributed by atoms with Crippen LogP contribution in [0.25, 0.3) is 5.65 Å². The minimum atomic E-state index is -2.14. The van der Waals surface area contributed by atoms with Crippen molar-refractivity contribution in [3.05, 3.63) is 70.7 Å². The molecule has 0 spiro atoms. The molecule has 6 rings (SSSR count). The molecule has 0 radical (unpaired) electrons. The number of hydrogen-bond donors (Lipinski definition) is 3. The van der Waals surface area contributed by atoms with Crippen molar-refractivity contribution in [2.45, 2.75) is 122 Å². The third kappa shape index (κ3) is 9.76. The van der Waals surface area contributed by atoms with Crippen LogP contribution in [0.15, 0.2) is 42.5 Å². The summed E-state index contributed by atoms with van der Waals surface area (Å²) in [5.74, 6) is 0.531. The van der Waals surface area contributed by atoms with Crippen molar-refractivity contribution < 1.29 is 26.4 Å². The van der Waals surface area contributed by atoms with E-state index in [2.05, 4.69) is 45.5 Å². The first kappa shape index (κ1) is 40.4. The fourth-order valence-electron chi connectivity index (χ4n) is 7.29. The molecule has 0 saturated heterocycles. The highest BCUT2D eigenvalue weighted by Gasteiger charge is 2.28. The Balaban J connectivity index is 1.15. The molecule has 2 aromatic carbocycles. The van der Waals surface area contributed by atoms with Crippen LogP contribution in [0, 0.1) is 6.92 Å². The molecule has 3 atom stereocenters. The maximum atomic E-state index is 13.8. The number of carbonyl (C=O) groups excluding carboxylic acids is 2.